The molecule has 2 amide bonds. The van der Waals surface area contributed by atoms with Gasteiger partial charge in [0.05, 0.1) is 25.2 Å². The van der Waals surface area contributed by atoms with Gasteiger partial charge in [-0.05, 0) is 43.3 Å². The highest BCUT2D eigenvalue weighted by Gasteiger charge is 2.23. The first-order valence-corrected chi connectivity index (χ1v) is 11.1. The summed E-state index contributed by atoms with van der Waals surface area (Å²) in [5.41, 5.74) is 0.499. The third kappa shape index (κ3) is 6.08. The molecule has 0 fully saturated rings. The van der Waals surface area contributed by atoms with Crippen LogP contribution in [0.3, 0.4) is 0 Å². The van der Waals surface area contributed by atoms with Crippen LogP contribution in [0.1, 0.15) is 29.1 Å². The lowest BCUT2D eigenvalue weighted by atomic mass is 10.2. The second kappa shape index (κ2) is 11.4. The Hall–Kier alpha value is -3.44. The van der Waals surface area contributed by atoms with Crippen LogP contribution >= 0.6 is 11.8 Å². The van der Waals surface area contributed by atoms with Crippen molar-refractivity contribution < 1.29 is 23.8 Å². The first kappa shape index (κ1) is 24.2. The number of hydrogen-bond acceptors (Lipinski definition) is 7. The van der Waals surface area contributed by atoms with E-state index in [1.807, 2.05) is 6.92 Å². The number of carbonyl (C=O) groups is 2. The first-order chi connectivity index (χ1) is 16.0. The quantitative estimate of drug-likeness (QED) is 0.388. The third-order valence-electron chi connectivity index (χ3n) is 4.69. The van der Waals surface area contributed by atoms with Crippen molar-refractivity contribution in [1.82, 2.24) is 20.1 Å². The highest BCUT2D eigenvalue weighted by molar-refractivity contribution is 7.99. The van der Waals surface area contributed by atoms with Crippen LogP contribution in [0.25, 0.3) is 0 Å². The number of amides is 2. The summed E-state index contributed by atoms with van der Waals surface area (Å²) in [7, 11) is 1.54. The van der Waals surface area contributed by atoms with Crippen LogP contribution in [0, 0.1) is 5.82 Å². The van der Waals surface area contributed by atoms with E-state index in [1.54, 1.807) is 34.9 Å². The summed E-state index contributed by atoms with van der Waals surface area (Å²) >= 11 is 1.12. The smallest absolute Gasteiger partial charge is 0.251 e. The summed E-state index contributed by atoms with van der Waals surface area (Å²) in [6, 6.07) is 11.7. The highest BCUT2D eigenvalue weighted by atomic mass is 32.2. The molecule has 0 bridgehead atoms. The highest BCUT2D eigenvalue weighted by Crippen LogP contribution is 2.22. The lowest BCUT2D eigenvalue weighted by Crippen LogP contribution is -2.32. The molecular formula is C22H24FN5O4S. The predicted octanol–water partition coefficient (Wildman–Crippen LogP) is 2.64. The van der Waals surface area contributed by atoms with E-state index in [0.29, 0.717) is 28.8 Å². The summed E-state index contributed by atoms with van der Waals surface area (Å²) < 4.78 is 20.5. The Morgan fingerprint density at radius 2 is 1.91 bits per heavy atom. The van der Waals surface area contributed by atoms with Crippen LogP contribution in [0.15, 0.2) is 53.7 Å². The first-order valence-electron chi connectivity index (χ1n) is 10.1. The molecular weight excluding hydrogens is 449 g/mol. The standard InChI is InChI=1S/C22H24FN5O4S/c1-3-28-20(18(12-29)25-21(31)14-8-10-15(32-2)11-9-14)26-27-22(28)33-13-19(30)24-17-7-5-4-6-16(17)23/h4-11,18,29H,3,12-13H2,1-2H3,(H,24,30)(H,25,31)/t18-/m0/s1. The van der Waals surface area contributed by atoms with E-state index in [1.165, 1.54) is 25.3 Å². The number of halogens is 1. The van der Waals surface area contributed by atoms with Crippen LogP contribution in [-0.2, 0) is 11.3 Å². The van der Waals surface area contributed by atoms with Gasteiger partial charge in [0.2, 0.25) is 5.91 Å². The van der Waals surface area contributed by atoms with Gasteiger partial charge in [-0.1, -0.05) is 23.9 Å². The molecule has 0 saturated heterocycles. The van der Waals surface area contributed by atoms with Crippen molar-refractivity contribution in [3.63, 3.8) is 0 Å². The summed E-state index contributed by atoms with van der Waals surface area (Å²) in [6.07, 6.45) is 0. The van der Waals surface area contributed by atoms with Crippen LogP contribution in [-0.4, -0.2) is 51.2 Å². The fourth-order valence-electron chi connectivity index (χ4n) is 3.02. The molecule has 174 valence electrons. The Balaban J connectivity index is 1.66. The Bertz CT molecular complexity index is 1110. The van der Waals surface area contributed by atoms with Crippen LogP contribution in [0.4, 0.5) is 10.1 Å². The molecule has 0 aliphatic carbocycles. The molecule has 0 aliphatic rings. The van der Waals surface area contributed by atoms with Crippen LogP contribution in [0.5, 0.6) is 5.75 Å². The molecule has 3 rings (SSSR count). The minimum absolute atomic E-state index is 0.0194. The van der Waals surface area contributed by atoms with Crippen molar-refractivity contribution >= 4 is 29.3 Å². The van der Waals surface area contributed by atoms with Crippen molar-refractivity contribution in [3.8, 4) is 5.75 Å². The topological polar surface area (TPSA) is 118 Å². The van der Waals surface area contributed by atoms with Gasteiger partial charge in [-0.3, -0.25) is 9.59 Å². The van der Waals surface area contributed by atoms with E-state index in [4.69, 9.17) is 4.74 Å². The zero-order valence-corrected chi connectivity index (χ0v) is 18.9. The Morgan fingerprint density at radius 1 is 1.18 bits per heavy atom. The van der Waals surface area contributed by atoms with Crippen molar-refractivity contribution in [2.24, 2.45) is 0 Å². The number of methoxy groups -OCH3 is 1. The maximum absolute atomic E-state index is 13.7. The maximum Gasteiger partial charge on any atom is 0.251 e. The van der Waals surface area contributed by atoms with E-state index < -0.39 is 24.4 Å². The Kier molecular flexibility index (Phi) is 8.39. The summed E-state index contributed by atoms with van der Waals surface area (Å²) in [5.74, 6) is -0.345. The SMILES string of the molecule is CCn1c(SCC(=O)Nc2ccccc2F)nnc1[C@H](CO)NC(=O)c1ccc(OC)cc1. The maximum atomic E-state index is 13.7. The molecule has 0 saturated carbocycles. The molecule has 0 radical (unpaired) electrons. The molecule has 0 unspecified atom stereocenters. The summed E-state index contributed by atoms with van der Waals surface area (Å²) in [6.45, 7) is 1.92. The second-order valence-corrected chi connectivity index (χ2v) is 7.78. The summed E-state index contributed by atoms with van der Waals surface area (Å²) in [4.78, 5) is 24.8. The number of para-hydroxylation sites is 1. The molecule has 1 aromatic heterocycles. The predicted molar refractivity (Wildman–Crippen MR) is 122 cm³/mol. The molecule has 1 heterocycles. The number of aliphatic hydroxyl groups excluding tert-OH is 1. The molecule has 11 heteroatoms. The number of nitrogens with zero attached hydrogens (tertiary/aromatic N) is 3. The van der Waals surface area contributed by atoms with Gasteiger partial charge in [0.25, 0.3) is 5.91 Å². The second-order valence-electron chi connectivity index (χ2n) is 6.84. The van der Waals surface area contributed by atoms with Gasteiger partial charge in [0.1, 0.15) is 17.6 Å². The lowest BCUT2D eigenvalue weighted by molar-refractivity contribution is -0.113. The van der Waals surface area contributed by atoms with E-state index in [-0.39, 0.29) is 17.3 Å². The fraction of sp³-hybridized carbons (Fsp3) is 0.273. The number of hydrogen-bond donors (Lipinski definition) is 3. The average molecular weight is 474 g/mol. The number of thioether (sulfide) groups is 1. The van der Waals surface area contributed by atoms with Gasteiger partial charge < -0.3 is 25.0 Å². The van der Waals surface area contributed by atoms with Crippen molar-refractivity contribution in [1.29, 1.82) is 0 Å². The van der Waals surface area contributed by atoms with E-state index in [0.717, 1.165) is 11.8 Å². The fourth-order valence-corrected chi connectivity index (χ4v) is 3.83. The van der Waals surface area contributed by atoms with Gasteiger partial charge in [-0.2, -0.15) is 0 Å². The monoisotopic (exact) mass is 473 g/mol. The molecule has 33 heavy (non-hydrogen) atoms. The Morgan fingerprint density at radius 3 is 2.55 bits per heavy atom. The van der Waals surface area contributed by atoms with Gasteiger partial charge >= 0.3 is 0 Å². The van der Waals surface area contributed by atoms with Crippen molar-refractivity contribution in [2.75, 3.05) is 24.8 Å². The Labute approximate surface area is 194 Å². The molecule has 0 aliphatic heterocycles. The van der Waals surface area contributed by atoms with Gasteiger partial charge in [0, 0.05) is 12.1 Å². The third-order valence-corrected chi connectivity index (χ3v) is 5.66. The molecule has 2 aromatic carbocycles. The molecule has 1 atom stereocenters. The minimum Gasteiger partial charge on any atom is -0.497 e. The van der Waals surface area contributed by atoms with E-state index >= 15 is 0 Å². The zero-order valence-electron chi connectivity index (χ0n) is 18.1. The van der Waals surface area contributed by atoms with Gasteiger partial charge in [-0.25, -0.2) is 4.39 Å². The minimum atomic E-state index is -0.798. The summed E-state index contributed by atoms with van der Waals surface area (Å²) in [5, 5.41) is 23.8. The molecule has 9 nitrogen and oxygen atoms in total. The number of carbonyl (C=O) groups excluding carboxylic acids is 2. The molecule has 3 N–H and O–H groups in total. The zero-order chi connectivity index (χ0) is 23.8. The largest absolute Gasteiger partial charge is 0.497 e. The molecule has 0 spiro atoms. The number of aliphatic hydroxyl groups is 1. The average Bonchev–Trinajstić information content (AvgIpc) is 3.25. The number of ether oxygens (including phenoxy) is 1. The van der Waals surface area contributed by atoms with E-state index in [2.05, 4.69) is 20.8 Å². The number of rotatable bonds is 10. The van der Waals surface area contributed by atoms with Gasteiger partial charge in [0.15, 0.2) is 11.0 Å². The number of aromatic nitrogens is 3. The lowest BCUT2D eigenvalue weighted by Gasteiger charge is -2.17. The number of benzene rings is 2. The number of anilines is 1. The number of nitrogens with one attached hydrogen (secondary N) is 2. The van der Waals surface area contributed by atoms with Gasteiger partial charge in [-0.15, -0.1) is 10.2 Å². The van der Waals surface area contributed by atoms with Crippen molar-refractivity contribution in [2.45, 2.75) is 24.7 Å². The van der Waals surface area contributed by atoms with Crippen molar-refractivity contribution in [3.05, 3.63) is 65.7 Å². The normalized spacial score (nSPS) is 11.6. The van der Waals surface area contributed by atoms with Crippen LogP contribution < -0.4 is 15.4 Å². The molecule has 3 aromatic rings. The van der Waals surface area contributed by atoms with Crippen LogP contribution in [0.2, 0.25) is 0 Å². The van der Waals surface area contributed by atoms with E-state index in [9.17, 15) is 19.1 Å².